The summed E-state index contributed by atoms with van der Waals surface area (Å²) in [6.07, 6.45) is 5.44. The molecule has 2 rings (SSSR count). The zero-order valence-electron chi connectivity index (χ0n) is 17.6. The molecule has 0 heterocycles. The van der Waals surface area contributed by atoms with E-state index in [9.17, 15) is 4.79 Å². The predicted molar refractivity (Wildman–Crippen MR) is 106 cm³/mol. The van der Waals surface area contributed by atoms with E-state index in [2.05, 4.69) is 47.7 Å². The lowest BCUT2D eigenvalue weighted by Gasteiger charge is -2.49. The summed E-state index contributed by atoms with van der Waals surface area (Å²) in [5.41, 5.74) is 1.01. The Hall–Kier alpha value is -0.773. The first-order valence-corrected chi connectivity index (χ1v) is 12.9. The molecule has 0 aromatic carbocycles. The summed E-state index contributed by atoms with van der Waals surface area (Å²) in [5.74, 6) is 1.73. The Balaban J connectivity index is 2.42. The van der Waals surface area contributed by atoms with Gasteiger partial charge in [0, 0.05) is 6.42 Å². The second-order valence-electron chi connectivity index (χ2n) is 9.72. The highest BCUT2D eigenvalue weighted by atomic mass is 28.4. The lowest BCUT2D eigenvalue weighted by Crippen LogP contribution is -2.49. The topological polar surface area (TPSA) is 35.5 Å². The molecule has 1 fully saturated rings. The maximum Gasteiger partial charge on any atom is 0.312 e. The van der Waals surface area contributed by atoms with Crippen molar-refractivity contribution in [2.75, 3.05) is 6.61 Å². The molecule has 0 bridgehead atoms. The lowest BCUT2D eigenvalue weighted by molar-refractivity contribution is -0.162. The van der Waals surface area contributed by atoms with E-state index in [0.29, 0.717) is 6.61 Å². The van der Waals surface area contributed by atoms with Crippen molar-refractivity contribution in [2.24, 2.45) is 17.3 Å². The number of rotatable bonds is 4. The van der Waals surface area contributed by atoms with Crippen LogP contribution in [0.5, 0.6) is 0 Å². The van der Waals surface area contributed by atoms with Crippen molar-refractivity contribution < 1.29 is 14.0 Å². The fraction of sp³-hybridized carbons (Fsp3) is 0.857. The minimum absolute atomic E-state index is 0.0155. The largest absolute Gasteiger partial charge is 0.547 e. The van der Waals surface area contributed by atoms with Gasteiger partial charge in [0.25, 0.3) is 0 Å². The Kier molecular flexibility index (Phi) is 5.83. The normalized spacial score (nSPS) is 30.7. The number of ether oxygens (including phenoxy) is 1. The molecule has 2 aliphatic rings. The lowest BCUT2D eigenvalue weighted by atomic mass is 9.57. The van der Waals surface area contributed by atoms with E-state index in [1.807, 2.05) is 6.92 Å². The van der Waals surface area contributed by atoms with Crippen LogP contribution in [0.3, 0.4) is 0 Å². The smallest absolute Gasteiger partial charge is 0.312 e. The van der Waals surface area contributed by atoms with E-state index in [1.165, 1.54) is 24.2 Å². The van der Waals surface area contributed by atoms with Gasteiger partial charge >= 0.3 is 5.97 Å². The van der Waals surface area contributed by atoms with Crippen LogP contribution < -0.4 is 0 Å². The molecule has 0 amide bonds. The Morgan fingerprint density at radius 1 is 1.28 bits per heavy atom. The van der Waals surface area contributed by atoms with Crippen molar-refractivity contribution in [3.63, 3.8) is 0 Å². The van der Waals surface area contributed by atoms with Crippen molar-refractivity contribution in [3.05, 3.63) is 11.3 Å². The SMILES string of the molecule is CCOC(=O)[C@@]1(C)[C@H](C)CC(O[Si](C)(C)C(C)(C)C)=C2CCCC[C@@H]21. The van der Waals surface area contributed by atoms with Gasteiger partial charge in [0.15, 0.2) is 0 Å². The first-order valence-electron chi connectivity index (χ1n) is 10.0. The fourth-order valence-corrected chi connectivity index (χ4v) is 5.31. The van der Waals surface area contributed by atoms with Gasteiger partial charge in [-0.25, -0.2) is 0 Å². The zero-order valence-corrected chi connectivity index (χ0v) is 18.6. The molecule has 0 saturated heterocycles. The molecular weight excluding hydrogens is 328 g/mol. The Bertz CT molecular complexity index is 544. The molecule has 2 aliphatic carbocycles. The summed E-state index contributed by atoms with van der Waals surface area (Å²) < 4.78 is 12.3. The van der Waals surface area contributed by atoms with Gasteiger partial charge in [-0.1, -0.05) is 34.1 Å². The molecule has 0 aliphatic heterocycles. The molecule has 144 valence electrons. The van der Waals surface area contributed by atoms with Gasteiger partial charge in [0.2, 0.25) is 8.32 Å². The summed E-state index contributed by atoms with van der Waals surface area (Å²) in [6, 6.07) is 0. The summed E-state index contributed by atoms with van der Waals surface area (Å²) in [5, 5.41) is 0.190. The first-order chi connectivity index (χ1) is 11.4. The van der Waals surface area contributed by atoms with Crippen molar-refractivity contribution in [2.45, 2.75) is 91.8 Å². The number of hydrogen-bond donors (Lipinski definition) is 0. The molecule has 0 aromatic rings. The van der Waals surface area contributed by atoms with Crippen molar-refractivity contribution in [3.8, 4) is 0 Å². The summed E-state index contributed by atoms with van der Waals surface area (Å²) in [4.78, 5) is 12.9. The molecule has 0 unspecified atom stereocenters. The number of carbonyl (C=O) groups excluding carboxylic acids is 1. The molecule has 1 saturated carbocycles. The summed E-state index contributed by atoms with van der Waals surface area (Å²) >= 11 is 0. The van der Waals surface area contributed by atoms with Crippen LogP contribution in [0.15, 0.2) is 11.3 Å². The average molecular weight is 367 g/mol. The summed E-state index contributed by atoms with van der Waals surface area (Å²) in [7, 11) is -1.86. The molecule has 3 nitrogen and oxygen atoms in total. The van der Waals surface area contributed by atoms with Crippen LogP contribution in [0.2, 0.25) is 18.1 Å². The van der Waals surface area contributed by atoms with Crippen LogP contribution in [0.4, 0.5) is 0 Å². The van der Waals surface area contributed by atoms with E-state index in [1.54, 1.807) is 0 Å². The van der Waals surface area contributed by atoms with Gasteiger partial charge in [-0.15, -0.1) is 0 Å². The second kappa shape index (κ2) is 7.09. The van der Waals surface area contributed by atoms with Crippen LogP contribution in [0.1, 0.15) is 73.6 Å². The molecule has 25 heavy (non-hydrogen) atoms. The van der Waals surface area contributed by atoms with E-state index in [4.69, 9.17) is 9.16 Å². The second-order valence-corrected chi connectivity index (χ2v) is 14.4. The Labute approximate surface area is 155 Å². The minimum Gasteiger partial charge on any atom is -0.547 e. The fourth-order valence-electron chi connectivity index (χ4n) is 4.17. The Morgan fingerprint density at radius 2 is 1.92 bits per heavy atom. The van der Waals surface area contributed by atoms with Crippen molar-refractivity contribution in [1.82, 2.24) is 0 Å². The highest BCUT2D eigenvalue weighted by Crippen LogP contribution is 2.55. The van der Waals surface area contributed by atoms with Crippen molar-refractivity contribution in [1.29, 1.82) is 0 Å². The third-order valence-electron chi connectivity index (χ3n) is 7.11. The third kappa shape index (κ3) is 3.69. The van der Waals surface area contributed by atoms with E-state index in [-0.39, 0.29) is 22.8 Å². The van der Waals surface area contributed by atoms with Gasteiger partial charge in [-0.05, 0) is 68.7 Å². The number of carbonyl (C=O) groups is 1. The predicted octanol–water partition coefficient (Wildman–Crippen LogP) is 6.06. The summed E-state index contributed by atoms with van der Waals surface area (Å²) in [6.45, 7) is 18.2. The van der Waals surface area contributed by atoms with E-state index >= 15 is 0 Å². The van der Waals surface area contributed by atoms with Crippen LogP contribution in [-0.2, 0) is 14.0 Å². The van der Waals surface area contributed by atoms with Crippen LogP contribution >= 0.6 is 0 Å². The quantitative estimate of drug-likeness (QED) is 0.448. The van der Waals surface area contributed by atoms with Crippen LogP contribution in [0.25, 0.3) is 0 Å². The Morgan fingerprint density at radius 3 is 2.48 bits per heavy atom. The number of allylic oxidation sites excluding steroid dienone is 2. The van der Waals surface area contributed by atoms with Crippen LogP contribution in [0, 0.1) is 17.3 Å². The standard InChI is InChI=1S/C21H38O3Si/c1-9-23-19(22)21(6)15(2)14-18(16-12-10-11-13-17(16)21)24-25(7,8)20(3,4)5/h15,17H,9-14H2,1-8H3/t15-,17+,21+/m1/s1. The van der Waals surface area contributed by atoms with Gasteiger partial charge in [0.1, 0.15) is 0 Å². The third-order valence-corrected chi connectivity index (χ3v) is 11.5. The molecule has 0 N–H and O–H groups in total. The molecule has 0 radical (unpaired) electrons. The van der Waals surface area contributed by atoms with E-state index in [0.717, 1.165) is 19.3 Å². The van der Waals surface area contributed by atoms with Crippen LogP contribution in [-0.4, -0.2) is 20.9 Å². The van der Waals surface area contributed by atoms with Gasteiger partial charge < -0.3 is 9.16 Å². The highest BCUT2D eigenvalue weighted by molar-refractivity contribution is 6.74. The number of esters is 1. The molecule has 0 spiro atoms. The molecule has 0 aromatic heterocycles. The average Bonchev–Trinajstić information content (AvgIpc) is 2.51. The number of hydrogen-bond acceptors (Lipinski definition) is 3. The van der Waals surface area contributed by atoms with E-state index < -0.39 is 13.7 Å². The monoisotopic (exact) mass is 366 g/mol. The molecule has 4 heteroatoms. The number of fused-ring (bicyclic) bond motifs is 1. The maximum absolute atomic E-state index is 12.9. The highest BCUT2D eigenvalue weighted by Gasteiger charge is 2.53. The molecular formula is C21H38O3Si. The van der Waals surface area contributed by atoms with Crippen molar-refractivity contribution >= 4 is 14.3 Å². The maximum atomic E-state index is 12.9. The van der Waals surface area contributed by atoms with Gasteiger partial charge in [0.05, 0.1) is 17.8 Å². The minimum atomic E-state index is -1.86. The zero-order chi connectivity index (χ0) is 19.0. The van der Waals surface area contributed by atoms with Gasteiger partial charge in [-0.2, -0.15) is 0 Å². The van der Waals surface area contributed by atoms with Gasteiger partial charge in [-0.3, -0.25) is 4.79 Å². The first kappa shape index (κ1) is 20.5. The molecule has 3 atom stereocenters.